The fourth-order valence-corrected chi connectivity index (χ4v) is 2.54. The third-order valence-electron chi connectivity index (χ3n) is 3.63. The lowest BCUT2D eigenvalue weighted by Crippen LogP contribution is -2.52. The molecule has 0 aromatic carbocycles. The Morgan fingerprint density at radius 3 is 2.55 bits per heavy atom. The van der Waals surface area contributed by atoms with Gasteiger partial charge in [0.15, 0.2) is 0 Å². The van der Waals surface area contributed by atoms with Crippen LogP contribution in [0.15, 0.2) is 0 Å². The average molecular weight is 283 g/mol. The van der Waals surface area contributed by atoms with Gasteiger partial charge < -0.3 is 14.9 Å². The molecule has 2 rings (SSSR count). The van der Waals surface area contributed by atoms with Crippen molar-refractivity contribution < 1.29 is 24.3 Å². The molecule has 1 atom stereocenters. The molecule has 2 heterocycles. The van der Waals surface area contributed by atoms with Gasteiger partial charge in [-0.1, -0.05) is 0 Å². The van der Waals surface area contributed by atoms with E-state index in [1.807, 2.05) is 0 Å². The molecule has 110 valence electrons. The predicted molar refractivity (Wildman–Crippen MR) is 66.7 cm³/mol. The zero-order chi connectivity index (χ0) is 14.9. The molecule has 20 heavy (non-hydrogen) atoms. The van der Waals surface area contributed by atoms with E-state index in [9.17, 15) is 19.2 Å². The first kappa shape index (κ1) is 14.3. The van der Waals surface area contributed by atoms with E-state index in [0.717, 1.165) is 17.7 Å². The monoisotopic (exact) mass is 283 g/mol. The smallest absolute Gasteiger partial charge is 0.327 e. The molecule has 2 aliphatic heterocycles. The van der Waals surface area contributed by atoms with E-state index in [0.29, 0.717) is 13.0 Å². The maximum atomic E-state index is 12.2. The highest BCUT2D eigenvalue weighted by atomic mass is 16.4. The van der Waals surface area contributed by atoms with Crippen LogP contribution in [0.3, 0.4) is 0 Å². The number of rotatable bonds is 3. The quantitative estimate of drug-likeness (QED) is 0.694. The molecule has 1 unspecified atom stereocenters. The number of aliphatic carboxylic acids is 1. The van der Waals surface area contributed by atoms with Gasteiger partial charge in [-0.25, -0.2) is 9.59 Å². The van der Waals surface area contributed by atoms with Crippen LogP contribution >= 0.6 is 0 Å². The van der Waals surface area contributed by atoms with Gasteiger partial charge in [-0.2, -0.15) is 0 Å². The molecule has 8 nitrogen and oxygen atoms in total. The highest BCUT2D eigenvalue weighted by Crippen LogP contribution is 2.18. The molecule has 0 saturated carbocycles. The number of urea groups is 1. The number of likely N-dealkylation sites (tertiary alicyclic amines) is 1. The van der Waals surface area contributed by atoms with Crippen molar-refractivity contribution in [3.63, 3.8) is 0 Å². The van der Waals surface area contributed by atoms with E-state index in [1.54, 1.807) is 0 Å². The van der Waals surface area contributed by atoms with E-state index in [-0.39, 0.29) is 13.1 Å². The first-order chi connectivity index (χ1) is 9.41. The molecule has 0 aliphatic carbocycles. The Morgan fingerprint density at radius 1 is 1.30 bits per heavy atom. The maximum Gasteiger partial charge on any atom is 0.327 e. The molecular weight excluding hydrogens is 266 g/mol. The van der Waals surface area contributed by atoms with Gasteiger partial charge in [-0.3, -0.25) is 14.5 Å². The lowest BCUT2D eigenvalue weighted by molar-refractivity contribution is -0.152. The molecule has 2 fully saturated rings. The van der Waals surface area contributed by atoms with Gasteiger partial charge in [-0.15, -0.1) is 0 Å². The summed E-state index contributed by atoms with van der Waals surface area (Å²) in [6.07, 6.45) is 1.89. The summed E-state index contributed by atoms with van der Waals surface area (Å²) in [5.41, 5.74) is 0. The molecule has 0 radical (unpaired) electrons. The van der Waals surface area contributed by atoms with Crippen molar-refractivity contribution in [2.75, 3.05) is 26.7 Å². The van der Waals surface area contributed by atoms with Gasteiger partial charge >= 0.3 is 12.0 Å². The topological polar surface area (TPSA) is 98.2 Å². The van der Waals surface area contributed by atoms with Crippen LogP contribution in [0.5, 0.6) is 0 Å². The van der Waals surface area contributed by atoms with Gasteiger partial charge in [-0.05, 0) is 19.3 Å². The largest absolute Gasteiger partial charge is 0.480 e. The van der Waals surface area contributed by atoms with E-state index in [4.69, 9.17) is 5.11 Å². The van der Waals surface area contributed by atoms with Crippen LogP contribution in [0.1, 0.15) is 19.3 Å². The van der Waals surface area contributed by atoms with Crippen LogP contribution in [-0.2, 0) is 14.4 Å². The molecule has 2 aliphatic rings. The summed E-state index contributed by atoms with van der Waals surface area (Å²) in [4.78, 5) is 49.9. The second-order valence-corrected chi connectivity index (χ2v) is 5.06. The lowest BCUT2D eigenvalue weighted by Gasteiger charge is -2.33. The number of nitrogens with zero attached hydrogens (tertiary/aromatic N) is 3. The number of piperidine rings is 1. The van der Waals surface area contributed by atoms with E-state index < -0.39 is 29.9 Å². The Labute approximate surface area is 115 Å². The number of carbonyl (C=O) groups is 4. The summed E-state index contributed by atoms with van der Waals surface area (Å²) in [6.45, 7) is -0.0812. The summed E-state index contributed by atoms with van der Waals surface area (Å²) in [5, 5.41) is 9.11. The summed E-state index contributed by atoms with van der Waals surface area (Å²) in [5.74, 6) is -1.97. The van der Waals surface area contributed by atoms with E-state index in [2.05, 4.69) is 0 Å². The van der Waals surface area contributed by atoms with Crippen molar-refractivity contribution in [2.45, 2.75) is 25.3 Å². The number of carboxylic acid groups (broad SMARTS) is 1. The maximum absolute atomic E-state index is 12.2. The third kappa shape index (κ3) is 2.59. The fourth-order valence-electron chi connectivity index (χ4n) is 2.54. The summed E-state index contributed by atoms with van der Waals surface area (Å²) >= 11 is 0. The van der Waals surface area contributed by atoms with Crippen molar-refractivity contribution in [3.05, 3.63) is 0 Å². The van der Waals surface area contributed by atoms with Crippen molar-refractivity contribution in [1.29, 1.82) is 0 Å². The molecule has 0 bridgehead atoms. The standard InChI is InChI=1S/C12H17N3O5/c1-13-6-9(16)15(12(13)20)7-10(17)14-5-3-2-4-8(14)11(18)19/h8H,2-7H2,1H3,(H,18,19). The van der Waals surface area contributed by atoms with Crippen LogP contribution in [-0.4, -0.2) is 76.3 Å². The molecule has 0 aromatic heterocycles. The number of hydrogen-bond acceptors (Lipinski definition) is 4. The van der Waals surface area contributed by atoms with E-state index >= 15 is 0 Å². The molecule has 0 aromatic rings. The summed E-state index contributed by atoms with van der Waals surface area (Å²) in [6, 6.07) is -1.38. The molecule has 2 saturated heterocycles. The van der Waals surface area contributed by atoms with Crippen molar-refractivity contribution >= 4 is 23.8 Å². The first-order valence-corrected chi connectivity index (χ1v) is 6.49. The van der Waals surface area contributed by atoms with Crippen LogP contribution < -0.4 is 0 Å². The lowest BCUT2D eigenvalue weighted by atomic mass is 10.0. The molecule has 0 spiro atoms. The fraction of sp³-hybridized carbons (Fsp3) is 0.667. The zero-order valence-corrected chi connectivity index (χ0v) is 11.2. The first-order valence-electron chi connectivity index (χ1n) is 6.49. The average Bonchev–Trinajstić information content (AvgIpc) is 2.65. The minimum atomic E-state index is -1.05. The van der Waals surface area contributed by atoms with Crippen LogP contribution in [0.2, 0.25) is 0 Å². The molecule has 4 amide bonds. The second kappa shape index (κ2) is 5.48. The molecule has 1 N–H and O–H groups in total. The number of likely N-dealkylation sites (N-methyl/N-ethyl adjacent to an activating group) is 1. The Hall–Kier alpha value is -2.12. The highest BCUT2D eigenvalue weighted by molar-refractivity contribution is 6.04. The molecular formula is C12H17N3O5. The SMILES string of the molecule is CN1CC(=O)N(CC(=O)N2CCCCC2C(=O)O)C1=O. The van der Waals surface area contributed by atoms with Crippen molar-refractivity contribution in [2.24, 2.45) is 0 Å². The van der Waals surface area contributed by atoms with Gasteiger partial charge in [0.1, 0.15) is 19.1 Å². The predicted octanol–water partition coefficient (Wildman–Crippen LogP) is -0.654. The summed E-state index contributed by atoms with van der Waals surface area (Å²) < 4.78 is 0. The normalized spacial score (nSPS) is 23.4. The number of imide groups is 1. The van der Waals surface area contributed by atoms with Gasteiger partial charge in [0, 0.05) is 13.6 Å². The van der Waals surface area contributed by atoms with Gasteiger partial charge in [0.05, 0.1) is 0 Å². The van der Waals surface area contributed by atoms with Crippen molar-refractivity contribution in [3.8, 4) is 0 Å². The number of hydrogen-bond donors (Lipinski definition) is 1. The Kier molecular flexibility index (Phi) is 3.91. The van der Waals surface area contributed by atoms with Crippen molar-refractivity contribution in [1.82, 2.24) is 14.7 Å². The summed E-state index contributed by atoms with van der Waals surface area (Å²) in [7, 11) is 1.48. The Balaban J connectivity index is 2.05. The van der Waals surface area contributed by atoms with Gasteiger partial charge in [0.25, 0.3) is 5.91 Å². The minimum absolute atomic E-state index is 0.0472. The van der Waals surface area contributed by atoms with Crippen LogP contribution in [0.4, 0.5) is 4.79 Å². The second-order valence-electron chi connectivity index (χ2n) is 5.06. The third-order valence-corrected chi connectivity index (χ3v) is 3.63. The zero-order valence-electron chi connectivity index (χ0n) is 11.2. The Morgan fingerprint density at radius 2 is 2.00 bits per heavy atom. The number of carboxylic acids is 1. The highest BCUT2D eigenvalue weighted by Gasteiger charge is 2.38. The minimum Gasteiger partial charge on any atom is -0.480 e. The van der Waals surface area contributed by atoms with Crippen LogP contribution in [0.25, 0.3) is 0 Å². The Bertz CT molecular complexity index is 464. The molecule has 8 heteroatoms. The van der Waals surface area contributed by atoms with Crippen LogP contribution in [0, 0.1) is 0 Å². The number of amides is 4. The number of carbonyl (C=O) groups excluding carboxylic acids is 3. The van der Waals surface area contributed by atoms with Gasteiger partial charge in [0.2, 0.25) is 5.91 Å². The van der Waals surface area contributed by atoms with E-state index in [1.165, 1.54) is 16.8 Å².